The van der Waals surface area contributed by atoms with Gasteiger partial charge in [-0.1, -0.05) is 82.4 Å². The van der Waals surface area contributed by atoms with Gasteiger partial charge < -0.3 is 59.9 Å². The van der Waals surface area contributed by atoms with Crippen LogP contribution >= 0.6 is 0 Å². The van der Waals surface area contributed by atoms with Gasteiger partial charge in [-0.3, -0.25) is 57.6 Å². The minimum absolute atomic E-state index is 0.00963. The maximum atomic E-state index is 15.7. The largest absolute Gasteiger partial charge is 0.422 e. The average molecular weight is 1480 g/mol. The Kier molecular flexibility index (Phi) is 28.7. The number of ether oxygens (including phenoxy) is 1. The Morgan fingerprint density at radius 2 is 1.31 bits per heavy atom. The Morgan fingerprint density at radius 1 is 0.676 bits per heavy atom. The maximum Gasteiger partial charge on any atom is 0.422 e. The zero-order valence-electron chi connectivity index (χ0n) is 62.9. The van der Waals surface area contributed by atoms with E-state index in [1.165, 1.54) is 64.6 Å². The van der Waals surface area contributed by atoms with Crippen LogP contribution in [0.15, 0.2) is 48.6 Å². The highest BCUT2D eigenvalue weighted by atomic mass is 19.4. The second kappa shape index (κ2) is 36.5. The van der Waals surface area contributed by atoms with E-state index in [1.807, 2.05) is 42.2 Å². The van der Waals surface area contributed by atoms with E-state index in [4.69, 9.17) is 4.74 Å². The lowest BCUT2D eigenvalue weighted by Gasteiger charge is -2.48. The molecule has 10 rings (SSSR count). The normalized spacial score (nSPS) is 27.3. The van der Waals surface area contributed by atoms with E-state index in [9.17, 15) is 32.3 Å². The number of aryl methyl sites for hydroxylation is 2. The van der Waals surface area contributed by atoms with Crippen molar-refractivity contribution in [3.8, 4) is 0 Å². The van der Waals surface area contributed by atoms with Crippen LogP contribution in [-0.4, -0.2) is 264 Å². The zero-order valence-corrected chi connectivity index (χ0v) is 62.9. The van der Waals surface area contributed by atoms with Crippen molar-refractivity contribution in [3.63, 3.8) is 0 Å². The van der Waals surface area contributed by atoms with Gasteiger partial charge in [0.15, 0.2) is 0 Å². The molecule has 3 N–H and O–H groups in total. The molecule has 29 heteroatoms. The monoisotopic (exact) mass is 1480 g/mol. The summed E-state index contributed by atoms with van der Waals surface area (Å²) in [7, 11) is 10.4. The maximum absolute atomic E-state index is 15.7. The molecule has 2 aromatic rings. The SMILES string of the molecule is CCO[C@@H]1C[C@H]2C(=O)NC3(CCC3)CN(C)[C@@H](C3CCCC3)C(=O)N(C)[C@H](C(=O)N(C)CC)CC(=O)N(C)[C@H]3CCCCCc4ccc(cc4)C[C@@H](C(=O)N(C)CC(=O)N[C@@H](CCc4cc(F)c(C(F)(F)F)c(F)c4)C(=O)N2C1)N1CC/C=C\C[C@@H](C1=O)N(C)C(=O)CN(C)C(=O)[C@H]([C@@H](C)CC)NC3=O. The Morgan fingerprint density at radius 3 is 1.93 bits per heavy atom. The first-order valence-corrected chi connectivity index (χ1v) is 37.4. The molecule has 6 bridgehead atoms. The van der Waals surface area contributed by atoms with E-state index in [1.54, 1.807) is 40.9 Å². The Hall–Kier alpha value is -8.08. The molecule has 10 atom stereocenters. The lowest BCUT2D eigenvalue weighted by atomic mass is 9.75. The molecule has 8 aliphatic rings. The molecule has 1 saturated heterocycles. The number of hydrogen-bond donors (Lipinski definition) is 3. The molecule has 3 fully saturated rings. The van der Waals surface area contributed by atoms with Gasteiger partial charge in [0.1, 0.15) is 59.5 Å². The number of carbonyl (C=O) groups is 11. The molecule has 11 amide bonds. The molecule has 105 heavy (non-hydrogen) atoms. The number of alkyl halides is 3. The summed E-state index contributed by atoms with van der Waals surface area (Å²) in [6, 6.07) is -1.76. The molecule has 6 heterocycles. The van der Waals surface area contributed by atoms with Gasteiger partial charge in [-0.25, -0.2) is 8.78 Å². The first-order chi connectivity index (χ1) is 49.7. The number of likely N-dealkylation sites (N-methyl/N-ethyl adjacent to an activating group) is 7. The van der Waals surface area contributed by atoms with E-state index in [0.717, 1.165) is 28.2 Å². The number of rotatable bonds is 10. The number of carbonyl (C=O) groups excluding carboxylic acids is 11. The van der Waals surface area contributed by atoms with Crippen molar-refractivity contribution < 1.29 is 79.4 Å². The molecule has 24 nitrogen and oxygen atoms in total. The Bertz CT molecular complexity index is 3480. The third-order valence-electron chi connectivity index (χ3n) is 22.6. The highest BCUT2D eigenvalue weighted by Crippen LogP contribution is 2.39. The number of halogens is 5. The third kappa shape index (κ3) is 20.1. The van der Waals surface area contributed by atoms with Gasteiger partial charge in [0.05, 0.1) is 37.2 Å². The van der Waals surface area contributed by atoms with E-state index in [-0.39, 0.29) is 76.4 Å². The summed E-state index contributed by atoms with van der Waals surface area (Å²) in [5.41, 5.74) is -1.88. The number of hydrogen-bond acceptors (Lipinski definition) is 13. The Labute approximate surface area is 613 Å². The quantitative estimate of drug-likeness (QED) is 0.148. The molecule has 0 aromatic heterocycles. The van der Waals surface area contributed by atoms with Gasteiger partial charge in [-0.05, 0) is 139 Å². The highest BCUT2D eigenvalue weighted by Gasteiger charge is 2.50. The number of nitrogens with one attached hydrogen (secondary N) is 3. The van der Waals surface area contributed by atoms with Crippen molar-refractivity contribution >= 4 is 65.0 Å². The van der Waals surface area contributed by atoms with Crippen LogP contribution in [-0.2, 0) is 82.9 Å². The van der Waals surface area contributed by atoms with Gasteiger partial charge in [-0.15, -0.1) is 0 Å². The predicted molar refractivity (Wildman–Crippen MR) is 381 cm³/mol. The topological polar surface area (TPSA) is 262 Å². The van der Waals surface area contributed by atoms with E-state index < -0.39 is 187 Å². The number of benzene rings is 2. The minimum atomic E-state index is -5.39. The summed E-state index contributed by atoms with van der Waals surface area (Å²) in [6.45, 7) is 6.06. The van der Waals surface area contributed by atoms with Crippen LogP contribution in [0.25, 0.3) is 0 Å². The van der Waals surface area contributed by atoms with Crippen molar-refractivity contribution in [1.29, 1.82) is 0 Å². The highest BCUT2D eigenvalue weighted by molar-refractivity contribution is 5.98. The van der Waals surface area contributed by atoms with Gasteiger partial charge in [0, 0.05) is 87.9 Å². The average Bonchev–Trinajstić information content (AvgIpc) is 1.66. The number of amides is 11. The van der Waals surface area contributed by atoms with Crippen LogP contribution in [0.3, 0.4) is 0 Å². The van der Waals surface area contributed by atoms with Crippen molar-refractivity contribution in [2.45, 2.75) is 222 Å². The van der Waals surface area contributed by atoms with Gasteiger partial charge >= 0.3 is 6.18 Å². The van der Waals surface area contributed by atoms with Crippen LogP contribution in [0.1, 0.15) is 159 Å². The molecule has 0 radical (unpaired) electrons. The van der Waals surface area contributed by atoms with Crippen LogP contribution in [0.4, 0.5) is 22.0 Å². The van der Waals surface area contributed by atoms with Gasteiger partial charge in [0.2, 0.25) is 65.0 Å². The second-order valence-corrected chi connectivity index (χ2v) is 29.9. The minimum Gasteiger partial charge on any atom is -0.377 e. The first-order valence-electron chi connectivity index (χ1n) is 37.4. The fourth-order valence-corrected chi connectivity index (χ4v) is 15.8. The Balaban J connectivity index is 1.25. The lowest BCUT2D eigenvalue weighted by Crippen LogP contribution is -2.65. The van der Waals surface area contributed by atoms with Crippen LogP contribution in [0, 0.1) is 23.5 Å². The first kappa shape index (κ1) is 82.6. The van der Waals surface area contributed by atoms with Crippen molar-refractivity contribution in [1.82, 2.24) is 60.0 Å². The second-order valence-electron chi connectivity index (χ2n) is 29.9. The van der Waals surface area contributed by atoms with E-state index in [2.05, 4.69) is 16.0 Å². The number of fused-ring (bicyclic) bond motifs is 22. The third-order valence-corrected chi connectivity index (χ3v) is 22.6. The smallest absolute Gasteiger partial charge is 0.377 e. The van der Waals surface area contributed by atoms with Gasteiger partial charge in [0.25, 0.3) is 0 Å². The number of nitrogens with zero attached hydrogens (tertiary/aromatic N) is 9. The predicted octanol–water partition coefficient (Wildman–Crippen LogP) is 5.65. The van der Waals surface area contributed by atoms with Crippen molar-refractivity contribution in [3.05, 3.63) is 82.4 Å². The van der Waals surface area contributed by atoms with Crippen LogP contribution in [0.2, 0.25) is 0 Å². The molecule has 6 aliphatic heterocycles. The zero-order chi connectivity index (χ0) is 76.9. The molecule has 1 spiro atoms. The summed E-state index contributed by atoms with van der Waals surface area (Å²) in [5.74, 6) is -11.9. The molecular weight excluding hydrogens is 1370 g/mol. The van der Waals surface area contributed by atoms with Crippen molar-refractivity contribution in [2.75, 3.05) is 95.2 Å². The standard InChI is InChI=1S/C76H109F5N12O12/c1-12-47(4)65-73(103)87(7)45-63(96)90(10)57-28-19-16-22-37-92(72(57)102)60-40-49-31-29-48(30-32-49)24-17-15-18-27-56(67(97)83-65)89(9)62(95)42-59(70(100)85(5)13-2)91(11)74(104)66(51-25-20-21-26-51)88(8)46-75(35-23-36-75)84-68(98)58-41-52(105-14-3)43-93(58)69(99)55(82-61(94)44-86(6)71(60)101)34-33-50-38-53(77)64(54(78)39-50)76(79,80)81/h16,19,29-32,38-39,47,51-52,55-60,65-66H,12-15,17-18,20-28,33-37,40-46H2,1-11H3,(H,82,94)(H,83,97)(H,84,98)/b19-16-/t47-,52+,55-,56-,57-,58-,59-,60-,65-,66-/m0/s1. The van der Waals surface area contributed by atoms with Crippen molar-refractivity contribution in [2.24, 2.45) is 11.8 Å². The molecule has 0 unspecified atom stereocenters. The molecular formula is C76H109F5N12O12. The summed E-state index contributed by atoms with van der Waals surface area (Å²) < 4.78 is 78.1. The molecule has 2 aliphatic carbocycles. The van der Waals surface area contributed by atoms with E-state index >= 15 is 42.3 Å². The summed E-state index contributed by atoms with van der Waals surface area (Å²) in [6.07, 6.45) is 3.27. The van der Waals surface area contributed by atoms with Crippen LogP contribution in [0.5, 0.6) is 0 Å². The fraction of sp³-hybridized carbons (Fsp3) is 0.671. The summed E-state index contributed by atoms with van der Waals surface area (Å²) in [4.78, 5) is 179. The van der Waals surface area contributed by atoms with Crippen LogP contribution < -0.4 is 16.0 Å². The fourth-order valence-electron chi connectivity index (χ4n) is 15.8. The molecule has 2 aromatic carbocycles. The molecule has 580 valence electrons. The summed E-state index contributed by atoms with van der Waals surface area (Å²) in [5, 5.41) is 8.91. The van der Waals surface area contributed by atoms with Gasteiger partial charge in [-0.2, -0.15) is 13.2 Å². The van der Waals surface area contributed by atoms with E-state index in [0.29, 0.717) is 81.9 Å². The lowest BCUT2D eigenvalue weighted by molar-refractivity contribution is -0.153. The summed E-state index contributed by atoms with van der Waals surface area (Å²) >= 11 is 0. The molecule has 2 saturated carbocycles.